The minimum absolute atomic E-state index is 0.0744. The predicted molar refractivity (Wildman–Crippen MR) is 151 cm³/mol. The smallest absolute Gasteiger partial charge is 0.271 e. The van der Waals surface area contributed by atoms with E-state index in [1.54, 1.807) is 24.3 Å². The Morgan fingerprint density at radius 1 is 1.03 bits per heavy atom. The van der Waals surface area contributed by atoms with Crippen LogP contribution in [0.4, 0.5) is 22.9 Å². The van der Waals surface area contributed by atoms with Crippen molar-refractivity contribution in [2.45, 2.75) is 39.0 Å². The Morgan fingerprint density at radius 2 is 1.71 bits per heavy atom. The number of hydrogen-bond acceptors (Lipinski definition) is 8. The molecule has 2 fully saturated rings. The molecule has 2 saturated heterocycles. The van der Waals surface area contributed by atoms with Gasteiger partial charge in [-0.1, -0.05) is 13.0 Å². The van der Waals surface area contributed by atoms with Crippen LogP contribution in [-0.2, 0) is 6.42 Å². The van der Waals surface area contributed by atoms with Crippen LogP contribution in [0.15, 0.2) is 48.5 Å². The third-order valence-electron chi connectivity index (χ3n) is 7.94. The average molecular weight is 516 g/mol. The zero-order valence-corrected chi connectivity index (χ0v) is 22.2. The Morgan fingerprint density at radius 3 is 2.34 bits per heavy atom. The molecule has 0 bridgehead atoms. The number of benzene rings is 2. The third-order valence-corrected chi connectivity index (χ3v) is 7.94. The van der Waals surface area contributed by atoms with E-state index < -0.39 is 5.91 Å². The topological polar surface area (TPSA) is 123 Å². The van der Waals surface area contributed by atoms with Crippen LogP contribution in [0.2, 0.25) is 0 Å². The molecule has 1 spiro atoms. The van der Waals surface area contributed by atoms with E-state index >= 15 is 0 Å². The van der Waals surface area contributed by atoms with E-state index in [9.17, 15) is 4.79 Å². The summed E-state index contributed by atoms with van der Waals surface area (Å²) < 4.78 is 5.99. The maximum Gasteiger partial charge on any atom is 0.271 e. The molecule has 2 aliphatic heterocycles. The molecule has 1 amide bonds. The Kier molecular flexibility index (Phi) is 7.37. The number of nitrogens with one attached hydrogen (secondary N) is 1. The zero-order valence-electron chi connectivity index (χ0n) is 22.2. The molecule has 2 aliphatic rings. The summed E-state index contributed by atoms with van der Waals surface area (Å²) >= 11 is 0. The highest BCUT2D eigenvalue weighted by Gasteiger charge is 2.36. The zero-order chi connectivity index (χ0) is 26.7. The number of likely N-dealkylation sites (tertiary alicyclic amines) is 1. The highest BCUT2D eigenvalue weighted by atomic mass is 16.5. The van der Waals surface area contributed by atoms with Crippen LogP contribution in [0.3, 0.4) is 0 Å². The lowest BCUT2D eigenvalue weighted by Crippen LogP contribution is -2.46. The summed E-state index contributed by atoms with van der Waals surface area (Å²) in [6.45, 7) is 6.50. The number of primary amides is 1. The first kappa shape index (κ1) is 25.8. The van der Waals surface area contributed by atoms with Crippen molar-refractivity contribution in [1.29, 1.82) is 0 Å². The lowest BCUT2D eigenvalue weighted by atomic mass is 9.71. The summed E-state index contributed by atoms with van der Waals surface area (Å²) in [6, 6.07) is 15.3. The van der Waals surface area contributed by atoms with Gasteiger partial charge in [0.15, 0.2) is 11.5 Å². The van der Waals surface area contributed by atoms with E-state index in [4.69, 9.17) is 16.2 Å². The number of aromatic nitrogens is 2. The summed E-state index contributed by atoms with van der Waals surface area (Å²) in [5.74, 6) is 0.444. The van der Waals surface area contributed by atoms with Crippen molar-refractivity contribution in [3.8, 4) is 11.6 Å². The second kappa shape index (κ2) is 10.9. The summed E-state index contributed by atoms with van der Waals surface area (Å²) in [4.78, 5) is 26.2. The van der Waals surface area contributed by atoms with Crippen LogP contribution in [0.1, 0.15) is 48.8 Å². The minimum Gasteiger partial charge on any atom is -0.437 e. The molecular weight excluding hydrogens is 478 g/mol. The van der Waals surface area contributed by atoms with Crippen molar-refractivity contribution in [2.75, 3.05) is 49.2 Å². The van der Waals surface area contributed by atoms with Gasteiger partial charge < -0.3 is 31.3 Å². The average Bonchev–Trinajstić information content (AvgIpc) is 2.91. The first-order chi connectivity index (χ1) is 18.3. The highest BCUT2D eigenvalue weighted by Crippen LogP contribution is 2.42. The first-order valence-electron chi connectivity index (χ1n) is 13.4. The molecule has 0 aliphatic carbocycles. The quantitative estimate of drug-likeness (QED) is 0.391. The van der Waals surface area contributed by atoms with Crippen LogP contribution in [0.25, 0.3) is 0 Å². The van der Waals surface area contributed by atoms with Gasteiger partial charge in [-0.25, -0.2) is 4.98 Å². The van der Waals surface area contributed by atoms with E-state index in [-0.39, 0.29) is 11.5 Å². The van der Waals surface area contributed by atoms with Gasteiger partial charge in [0.2, 0.25) is 5.88 Å². The van der Waals surface area contributed by atoms with Gasteiger partial charge in [0.05, 0.1) is 0 Å². The molecule has 3 aromatic rings. The van der Waals surface area contributed by atoms with E-state index in [1.165, 1.54) is 44.5 Å². The molecular formula is C29H37N7O2. The molecule has 0 unspecified atom stereocenters. The van der Waals surface area contributed by atoms with Crippen LogP contribution in [0.5, 0.6) is 11.6 Å². The normalized spacial score (nSPS) is 17.4. The van der Waals surface area contributed by atoms with E-state index in [2.05, 4.69) is 44.3 Å². The number of amides is 1. The summed E-state index contributed by atoms with van der Waals surface area (Å²) in [6.07, 6.45) is 5.64. The predicted octanol–water partition coefficient (Wildman–Crippen LogP) is 4.57. The second-order valence-electron chi connectivity index (χ2n) is 10.5. The fraction of sp³-hybridized carbons (Fsp3) is 0.414. The molecule has 2 aromatic carbocycles. The van der Waals surface area contributed by atoms with Gasteiger partial charge in [-0.3, -0.25) is 4.79 Å². The number of nitrogens with two attached hydrogens (primary N) is 2. The Balaban J connectivity index is 1.31. The summed E-state index contributed by atoms with van der Waals surface area (Å²) in [7, 11) is 2.22. The number of rotatable bonds is 7. The van der Waals surface area contributed by atoms with E-state index in [0.717, 1.165) is 18.8 Å². The number of piperidine rings is 2. The van der Waals surface area contributed by atoms with Crippen molar-refractivity contribution >= 4 is 28.8 Å². The number of ether oxygens (including phenoxy) is 1. The fourth-order valence-corrected chi connectivity index (χ4v) is 5.44. The maximum absolute atomic E-state index is 12.2. The van der Waals surface area contributed by atoms with Gasteiger partial charge in [0.25, 0.3) is 5.91 Å². The van der Waals surface area contributed by atoms with Crippen molar-refractivity contribution in [3.63, 3.8) is 0 Å². The van der Waals surface area contributed by atoms with Crippen molar-refractivity contribution in [2.24, 2.45) is 11.1 Å². The number of nitrogen functional groups attached to an aromatic ring is 1. The maximum atomic E-state index is 12.2. The van der Waals surface area contributed by atoms with Gasteiger partial charge in [-0.05, 0) is 94.1 Å². The van der Waals surface area contributed by atoms with Gasteiger partial charge in [0.1, 0.15) is 11.4 Å². The molecule has 9 nitrogen and oxygen atoms in total. The summed E-state index contributed by atoms with van der Waals surface area (Å²) in [5.41, 5.74) is 15.2. The van der Waals surface area contributed by atoms with Gasteiger partial charge in [-0.2, -0.15) is 4.98 Å². The molecule has 0 atom stereocenters. The van der Waals surface area contributed by atoms with Crippen LogP contribution < -0.4 is 26.4 Å². The van der Waals surface area contributed by atoms with Crippen LogP contribution >= 0.6 is 0 Å². The monoisotopic (exact) mass is 515 g/mol. The van der Waals surface area contributed by atoms with Crippen molar-refractivity contribution in [1.82, 2.24) is 14.9 Å². The largest absolute Gasteiger partial charge is 0.437 e. The molecule has 200 valence electrons. The number of nitrogens with zero attached hydrogens (tertiary/aromatic N) is 4. The van der Waals surface area contributed by atoms with Gasteiger partial charge in [0, 0.05) is 36.2 Å². The number of hydrogen-bond donors (Lipinski definition) is 3. The Labute approximate surface area is 224 Å². The molecule has 0 radical (unpaired) electrons. The summed E-state index contributed by atoms with van der Waals surface area (Å²) in [5, 5.41) is 3.22. The number of aryl methyl sites for hydroxylation is 1. The molecule has 0 saturated carbocycles. The fourth-order valence-electron chi connectivity index (χ4n) is 5.44. The number of carbonyl (C=O) groups excluding carboxylic acids is 1. The van der Waals surface area contributed by atoms with Gasteiger partial charge in [-0.15, -0.1) is 0 Å². The first-order valence-corrected chi connectivity index (χ1v) is 13.4. The SMILES string of the molecule is CCc1nc(C(N)=O)c(Nc2ccc(N3CCC4(CCN(C)CC4)CC3)cc2)nc1Oc1cccc(N)c1. The molecule has 5 N–H and O–H groups in total. The number of carbonyl (C=O) groups is 1. The van der Waals surface area contributed by atoms with Crippen LogP contribution in [-0.4, -0.2) is 54.0 Å². The molecule has 3 heterocycles. The third kappa shape index (κ3) is 5.67. The van der Waals surface area contributed by atoms with Gasteiger partial charge >= 0.3 is 0 Å². The molecule has 9 heteroatoms. The van der Waals surface area contributed by atoms with Crippen molar-refractivity contribution in [3.05, 3.63) is 59.9 Å². The molecule has 38 heavy (non-hydrogen) atoms. The minimum atomic E-state index is -0.655. The second-order valence-corrected chi connectivity index (χ2v) is 10.5. The van der Waals surface area contributed by atoms with Crippen LogP contribution in [0, 0.1) is 5.41 Å². The Hall–Kier alpha value is -3.85. The lowest BCUT2D eigenvalue weighted by Gasteiger charge is -2.46. The molecule has 5 rings (SSSR count). The molecule has 1 aromatic heterocycles. The van der Waals surface area contributed by atoms with E-state index in [0.29, 0.717) is 34.8 Å². The number of anilines is 4. The lowest BCUT2D eigenvalue weighted by molar-refractivity contribution is 0.0945. The standard InChI is InChI=1S/C29H37N7O2/c1-3-24-28(38-23-6-4-5-20(30)19-23)34-27(25(33-24)26(31)37)32-21-7-9-22(10-8-21)36-17-13-29(14-18-36)11-15-35(2)16-12-29/h4-10,19H,3,11-18,30H2,1-2H3,(H2,31,37)(H,32,34). The van der Waals surface area contributed by atoms with E-state index in [1.807, 2.05) is 19.1 Å². The highest BCUT2D eigenvalue weighted by molar-refractivity contribution is 5.96. The Bertz CT molecular complexity index is 1280. The van der Waals surface area contributed by atoms with Crippen molar-refractivity contribution < 1.29 is 9.53 Å².